The fraction of sp³-hybridized carbons (Fsp3) is 0.522. The summed E-state index contributed by atoms with van der Waals surface area (Å²) in [5, 5.41) is 10.2. The second-order valence-electron chi connectivity index (χ2n) is 8.79. The summed E-state index contributed by atoms with van der Waals surface area (Å²) < 4.78 is 0. The van der Waals surface area contributed by atoms with Gasteiger partial charge in [-0.3, -0.25) is 9.69 Å². The average Bonchev–Trinajstić information content (AvgIpc) is 3.26. The van der Waals surface area contributed by atoms with Crippen LogP contribution in [0.2, 0.25) is 0 Å². The standard InChI is InChI=1S/C23H28N4O2/c28-13-20-21(18-6-2-1-3-7-18)23(27(20)12-17-10-24-16-25-11-17)14-26(15-23)22(29)19-8-4-5-9-19/h1-3,6-7,10-11,16,19-21,28H,4-5,8-9,12-15H2/t20-,21+/m0/s1. The van der Waals surface area contributed by atoms with Gasteiger partial charge in [0.25, 0.3) is 0 Å². The maximum absolute atomic E-state index is 13.0. The molecule has 29 heavy (non-hydrogen) atoms. The highest BCUT2D eigenvalue weighted by atomic mass is 16.3. The lowest BCUT2D eigenvalue weighted by molar-refractivity contribution is -0.202. The first-order chi connectivity index (χ1) is 14.2. The summed E-state index contributed by atoms with van der Waals surface area (Å²) in [5.74, 6) is 0.772. The number of benzene rings is 1. The molecule has 2 aromatic rings. The van der Waals surface area contributed by atoms with E-state index in [9.17, 15) is 9.90 Å². The highest BCUT2D eigenvalue weighted by Crippen LogP contribution is 2.54. The lowest BCUT2D eigenvalue weighted by Gasteiger charge is -2.71. The first kappa shape index (κ1) is 18.7. The minimum Gasteiger partial charge on any atom is -0.395 e. The van der Waals surface area contributed by atoms with Crippen molar-refractivity contribution >= 4 is 5.91 Å². The smallest absolute Gasteiger partial charge is 0.225 e. The molecule has 2 aliphatic heterocycles. The Hall–Kier alpha value is -2.31. The van der Waals surface area contributed by atoms with Crippen LogP contribution in [0.25, 0.3) is 0 Å². The van der Waals surface area contributed by atoms with E-state index in [1.807, 2.05) is 23.4 Å². The number of carbonyl (C=O) groups is 1. The number of hydrogen-bond donors (Lipinski definition) is 1. The Balaban J connectivity index is 1.41. The van der Waals surface area contributed by atoms with Crippen molar-refractivity contribution in [3.8, 4) is 0 Å². The second-order valence-corrected chi connectivity index (χ2v) is 8.79. The molecule has 3 aliphatic rings. The normalized spacial score (nSPS) is 26.3. The molecule has 2 atom stereocenters. The van der Waals surface area contributed by atoms with Crippen molar-refractivity contribution < 1.29 is 9.90 Å². The lowest BCUT2D eigenvalue weighted by Crippen LogP contribution is -2.84. The predicted octanol–water partition coefficient (Wildman–Crippen LogP) is 2.21. The maximum atomic E-state index is 13.0. The van der Waals surface area contributed by atoms with Gasteiger partial charge in [-0.2, -0.15) is 0 Å². The number of aliphatic hydroxyl groups excluding tert-OH is 1. The van der Waals surface area contributed by atoms with Gasteiger partial charge in [-0.05, 0) is 18.4 Å². The first-order valence-corrected chi connectivity index (χ1v) is 10.7. The van der Waals surface area contributed by atoms with Gasteiger partial charge < -0.3 is 10.0 Å². The molecule has 5 rings (SSSR count). The molecule has 3 fully saturated rings. The van der Waals surface area contributed by atoms with Gasteiger partial charge in [0.1, 0.15) is 6.33 Å². The van der Waals surface area contributed by atoms with Crippen molar-refractivity contribution in [1.82, 2.24) is 19.8 Å². The summed E-state index contributed by atoms with van der Waals surface area (Å²) in [6.07, 6.45) is 9.64. The van der Waals surface area contributed by atoms with Crippen molar-refractivity contribution in [3.05, 3.63) is 60.2 Å². The van der Waals surface area contributed by atoms with Crippen LogP contribution in [-0.2, 0) is 11.3 Å². The van der Waals surface area contributed by atoms with Gasteiger partial charge in [-0.25, -0.2) is 9.97 Å². The SMILES string of the molecule is O=C(C1CCCC1)N1CC2(C1)[C@H](c1ccccc1)[C@H](CO)N2Cc1cncnc1. The third-order valence-corrected chi connectivity index (χ3v) is 7.19. The molecule has 0 unspecified atom stereocenters. The average molecular weight is 393 g/mol. The topological polar surface area (TPSA) is 69.6 Å². The Morgan fingerprint density at radius 1 is 1.10 bits per heavy atom. The molecule has 0 bridgehead atoms. The zero-order chi connectivity index (χ0) is 19.8. The molecular formula is C23H28N4O2. The molecule has 0 radical (unpaired) electrons. The number of likely N-dealkylation sites (tertiary alicyclic amines) is 2. The van der Waals surface area contributed by atoms with E-state index >= 15 is 0 Å². The minimum absolute atomic E-state index is 0.0429. The van der Waals surface area contributed by atoms with Gasteiger partial charge in [0.15, 0.2) is 0 Å². The molecule has 6 nitrogen and oxygen atoms in total. The quantitative estimate of drug-likeness (QED) is 0.845. The molecule has 1 aromatic carbocycles. The van der Waals surface area contributed by atoms with Gasteiger partial charge >= 0.3 is 0 Å². The Bertz CT molecular complexity index is 848. The summed E-state index contributed by atoms with van der Waals surface area (Å²) in [4.78, 5) is 25.7. The molecule has 1 aliphatic carbocycles. The first-order valence-electron chi connectivity index (χ1n) is 10.7. The number of aromatic nitrogens is 2. The number of amides is 1. The van der Waals surface area contributed by atoms with Crippen LogP contribution >= 0.6 is 0 Å². The summed E-state index contributed by atoms with van der Waals surface area (Å²) >= 11 is 0. The Morgan fingerprint density at radius 2 is 1.79 bits per heavy atom. The molecule has 1 amide bonds. The molecule has 6 heteroatoms. The Labute approximate surface area is 171 Å². The fourth-order valence-corrected chi connectivity index (χ4v) is 5.82. The van der Waals surface area contributed by atoms with Gasteiger partial charge in [-0.15, -0.1) is 0 Å². The number of hydrogen-bond acceptors (Lipinski definition) is 5. The summed E-state index contributed by atoms with van der Waals surface area (Å²) in [5.41, 5.74) is 2.18. The monoisotopic (exact) mass is 392 g/mol. The van der Waals surface area contributed by atoms with Crippen molar-refractivity contribution in [2.45, 2.75) is 49.7 Å². The van der Waals surface area contributed by atoms with E-state index in [1.165, 1.54) is 24.7 Å². The number of nitrogens with zero attached hydrogens (tertiary/aromatic N) is 4. The van der Waals surface area contributed by atoms with E-state index < -0.39 is 0 Å². The highest BCUT2D eigenvalue weighted by Gasteiger charge is 2.66. The van der Waals surface area contributed by atoms with Crippen LogP contribution in [0.5, 0.6) is 0 Å². The minimum atomic E-state index is -0.112. The van der Waals surface area contributed by atoms with E-state index in [4.69, 9.17) is 0 Å². The summed E-state index contributed by atoms with van der Waals surface area (Å²) in [7, 11) is 0. The number of rotatable bonds is 5. The van der Waals surface area contributed by atoms with Crippen LogP contribution < -0.4 is 0 Å². The molecule has 3 heterocycles. The van der Waals surface area contributed by atoms with E-state index in [2.05, 4.69) is 39.1 Å². The summed E-state index contributed by atoms with van der Waals surface area (Å²) in [6.45, 7) is 2.28. The maximum Gasteiger partial charge on any atom is 0.225 e. The third-order valence-electron chi connectivity index (χ3n) is 7.19. The zero-order valence-corrected chi connectivity index (χ0v) is 16.7. The van der Waals surface area contributed by atoms with Crippen molar-refractivity contribution in [2.75, 3.05) is 19.7 Å². The summed E-state index contributed by atoms with van der Waals surface area (Å²) in [6, 6.07) is 10.5. The zero-order valence-electron chi connectivity index (χ0n) is 16.7. The van der Waals surface area contributed by atoms with Gasteiger partial charge in [-0.1, -0.05) is 43.2 Å². The fourth-order valence-electron chi connectivity index (χ4n) is 5.82. The van der Waals surface area contributed by atoms with Crippen LogP contribution in [0.1, 0.15) is 42.7 Å². The van der Waals surface area contributed by atoms with Crippen LogP contribution in [0.3, 0.4) is 0 Å². The Morgan fingerprint density at radius 3 is 2.45 bits per heavy atom. The van der Waals surface area contributed by atoms with Gasteiger partial charge in [0.05, 0.1) is 12.1 Å². The molecule has 1 spiro atoms. The molecule has 2 saturated heterocycles. The number of carbonyl (C=O) groups excluding carboxylic acids is 1. The molecule has 152 valence electrons. The molecule has 1 saturated carbocycles. The number of aliphatic hydroxyl groups is 1. The lowest BCUT2D eigenvalue weighted by atomic mass is 9.60. The predicted molar refractivity (Wildman–Crippen MR) is 109 cm³/mol. The van der Waals surface area contributed by atoms with Gasteiger partial charge in [0, 0.05) is 55.5 Å². The van der Waals surface area contributed by atoms with E-state index in [1.54, 1.807) is 0 Å². The largest absolute Gasteiger partial charge is 0.395 e. The van der Waals surface area contributed by atoms with E-state index in [0.29, 0.717) is 12.5 Å². The van der Waals surface area contributed by atoms with Gasteiger partial charge in [0.2, 0.25) is 5.91 Å². The van der Waals surface area contributed by atoms with Crippen molar-refractivity contribution in [3.63, 3.8) is 0 Å². The van der Waals surface area contributed by atoms with Crippen molar-refractivity contribution in [1.29, 1.82) is 0 Å². The Kier molecular flexibility index (Phi) is 4.84. The molecule has 1 aromatic heterocycles. The van der Waals surface area contributed by atoms with Crippen LogP contribution in [0.4, 0.5) is 0 Å². The molecular weight excluding hydrogens is 364 g/mol. The second kappa shape index (κ2) is 7.50. The van der Waals surface area contributed by atoms with Crippen LogP contribution in [-0.4, -0.2) is 62.1 Å². The third kappa shape index (κ3) is 3.06. The van der Waals surface area contributed by atoms with Crippen molar-refractivity contribution in [2.24, 2.45) is 5.92 Å². The van der Waals surface area contributed by atoms with Crippen LogP contribution in [0, 0.1) is 5.92 Å². The van der Waals surface area contributed by atoms with E-state index in [0.717, 1.165) is 31.5 Å². The molecule has 1 N–H and O–H groups in total. The van der Waals surface area contributed by atoms with Crippen LogP contribution in [0.15, 0.2) is 49.1 Å². The highest BCUT2D eigenvalue weighted by molar-refractivity contribution is 5.80. The van der Waals surface area contributed by atoms with E-state index in [-0.39, 0.29) is 30.0 Å².